The van der Waals surface area contributed by atoms with Gasteiger partial charge >= 0.3 is 0 Å². The van der Waals surface area contributed by atoms with E-state index >= 15 is 0 Å². The van der Waals surface area contributed by atoms with Crippen molar-refractivity contribution in [2.75, 3.05) is 11.9 Å². The van der Waals surface area contributed by atoms with Crippen LogP contribution < -0.4 is 10.6 Å². The zero-order valence-electron chi connectivity index (χ0n) is 11.4. The molecule has 1 heterocycles. The lowest BCUT2D eigenvalue weighted by atomic mass is 9.97. The maximum Gasteiger partial charge on any atom is 0.241 e. The third-order valence-corrected chi connectivity index (χ3v) is 2.70. The van der Waals surface area contributed by atoms with Crippen LogP contribution in [0.4, 0.5) is 5.69 Å². The van der Waals surface area contributed by atoms with E-state index in [0.29, 0.717) is 12.6 Å². The van der Waals surface area contributed by atoms with E-state index < -0.39 is 0 Å². The third-order valence-electron chi connectivity index (χ3n) is 2.70. The van der Waals surface area contributed by atoms with Crippen LogP contribution >= 0.6 is 0 Å². The van der Waals surface area contributed by atoms with Crippen LogP contribution in [0.2, 0.25) is 0 Å². The molecule has 0 aliphatic heterocycles. The molecule has 1 saturated carbocycles. The Bertz CT molecular complexity index is 415. The lowest BCUT2D eigenvalue weighted by molar-refractivity contribution is -0.122. The summed E-state index contributed by atoms with van der Waals surface area (Å²) in [5.74, 6) is 0.0444. The molecule has 5 heteroatoms. The zero-order chi connectivity index (χ0) is 13.2. The summed E-state index contributed by atoms with van der Waals surface area (Å²) < 4.78 is 1.67. The molecule has 5 nitrogen and oxygen atoms in total. The van der Waals surface area contributed by atoms with Crippen LogP contribution in [-0.4, -0.2) is 28.3 Å². The van der Waals surface area contributed by atoms with E-state index in [4.69, 9.17) is 0 Å². The Balaban J connectivity index is 1.79. The summed E-state index contributed by atoms with van der Waals surface area (Å²) >= 11 is 0. The van der Waals surface area contributed by atoms with E-state index in [9.17, 15) is 4.79 Å². The summed E-state index contributed by atoms with van der Waals surface area (Å²) in [6, 6.07) is 0.409. The van der Waals surface area contributed by atoms with Crippen LogP contribution in [0, 0.1) is 5.41 Å². The van der Waals surface area contributed by atoms with Crippen LogP contribution in [0.5, 0.6) is 0 Å². The highest BCUT2D eigenvalue weighted by molar-refractivity contribution is 5.76. The Morgan fingerprint density at radius 2 is 2.22 bits per heavy atom. The van der Waals surface area contributed by atoms with Crippen LogP contribution in [0.25, 0.3) is 0 Å². The molecule has 2 N–H and O–H groups in total. The van der Waals surface area contributed by atoms with Crippen LogP contribution in [0.1, 0.15) is 33.6 Å². The molecule has 0 aromatic carbocycles. The van der Waals surface area contributed by atoms with Gasteiger partial charge in [0, 0.05) is 18.8 Å². The van der Waals surface area contributed by atoms with Crippen LogP contribution in [-0.2, 0) is 11.3 Å². The normalized spacial score (nSPS) is 15.5. The summed E-state index contributed by atoms with van der Waals surface area (Å²) in [5.41, 5.74) is 1.19. The average Bonchev–Trinajstić information content (AvgIpc) is 2.93. The molecule has 1 aromatic heterocycles. The predicted molar refractivity (Wildman–Crippen MR) is 71.3 cm³/mol. The highest BCUT2D eigenvalue weighted by Gasteiger charge is 2.23. The van der Waals surface area contributed by atoms with E-state index in [1.54, 1.807) is 10.9 Å². The number of nitrogens with zero attached hydrogens (tertiary/aromatic N) is 2. The van der Waals surface area contributed by atoms with E-state index in [1.807, 2.05) is 6.20 Å². The van der Waals surface area contributed by atoms with E-state index in [0.717, 1.165) is 25.1 Å². The van der Waals surface area contributed by atoms with Gasteiger partial charge in [-0.2, -0.15) is 5.10 Å². The molecule has 0 radical (unpaired) electrons. The van der Waals surface area contributed by atoms with Gasteiger partial charge in [-0.05, 0) is 18.3 Å². The van der Waals surface area contributed by atoms with Crippen molar-refractivity contribution in [2.24, 2.45) is 5.41 Å². The second-order valence-corrected chi connectivity index (χ2v) is 6.18. The topological polar surface area (TPSA) is 59.0 Å². The first-order valence-corrected chi connectivity index (χ1v) is 6.48. The van der Waals surface area contributed by atoms with Crippen molar-refractivity contribution in [3.8, 4) is 0 Å². The number of carbonyl (C=O) groups excluding carboxylic acids is 1. The van der Waals surface area contributed by atoms with Gasteiger partial charge in [0.15, 0.2) is 0 Å². The first-order chi connectivity index (χ1) is 8.42. The molecule has 0 bridgehead atoms. The summed E-state index contributed by atoms with van der Waals surface area (Å²) in [6.07, 6.45) is 5.86. The van der Waals surface area contributed by atoms with Gasteiger partial charge in [0.05, 0.1) is 11.9 Å². The SMILES string of the molecule is CC(C)(C)CNc1cnn(CC(=O)NC2CC2)c1. The number of anilines is 1. The first-order valence-electron chi connectivity index (χ1n) is 6.48. The van der Waals surface area contributed by atoms with E-state index in [1.165, 1.54) is 0 Å². The molecular formula is C13H22N4O. The molecule has 1 aliphatic rings. The fraction of sp³-hybridized carbons (Fsp3) is 0.692. The minimum atomic E-state index is 0.0444. The Morgan fingerprint density at radius 1 is 1.50 bits per heavy atom. The number of nitrogens with one attached hydrogen (secondary N) is 2. The fourth-order valence-corrected chi connectivity index (χ4v) is 1.56. The van der Waals surface area contributed by atoms with Crippen LogP contribution in [0.3, 0.4) is 0 Å². The Hall–Kier alpha value is -1.52. The molecule has 2 rings (SSSR count). The van der Waals surface area contributed by atoms with Crippen molar-refractivity contribution in [3.63, 3.8) is 0 Å². The largest absolute Gasteiger partial charge is 0.382 e. The number of amides is 1. The van der Waals surface area contributed by atoms with Crippen LogP contribution in [0.15, 0.2) is 12.4 Å². The first kappa shape index (κ1) is 12.9. The van der Waals surface area contributed by atoms with Crippen molar-refractivity contribution >= 4 is 11.6 Å². The quantitative estimate of drug-likeness (QED) is 0.835. The number of rotatable bonds is 5. The number of hydrogen-bond acceptors (Lipinski definition) is 3. The number of carbonyl (C=O) groups is 1. The van der Waals surface area contributed by atoms with Crippen molar-refractivity contribution in [2.45, 2.75) is 46.2 Å². The predicted octanol–water partition coefficient (Wildman–Crippen LogP) is 1.62. The van der Waals surface area contributed by atoms with Gasteiger partial charge in [0.1, 0.15) is 6.54 Å². The van der Waals surface area contributed by atoms with E-state index in [-0.39, 0.29) is 11.3 Å². The second-order valence-electron chi connectivity index (χ2n) is 6.18. The van der Waals surface area contributed by atoms with Crippen molar-refractivity contribution in [1.82, 2.24) is 15.1 Å². The van der Waals surface area contributed by atoms with Gasteiger partial charge in [-0.25, -0.2) is 0 Å². The molecular weight excluding hydrogens is 228 g/mol. The Morgan fingerprint density at radius 3 is 2.83 bits per heavy atom. The summed E-state index contributed by atoms with van der Waals surface area (Å²) in [4.78, 5) is 11.6. The molecule has 1 aliphatic carbocycles. The molecule has 0 unspecified atom stereocenters. The molecule has 100 valence electrons. The van der Waals surface area contributed by atoms with E-state index in [2.05, 4.69) is 36.5 Å². The lowest BCUT2D eigenvalue weighted by Gasteiger charge is -2.18. The standard InChI is InChI=1S/C13H22N4O/c1-13(2,3)9-14-11-6-15-17(7-11)8-12(18)16-10-4-5-10/h6-7,10,14H,4-5,8-9H2,1-3H3,(H,16,18). The third kappa shape index (κ3) is 4.39. The smallest absolute Gasteiger partial charge is 0.241 e. The minimum absolute atomic E-state index is 0.0444. The van der Waals surface area contributed by atoms with Gasteiger partial charge < -0.3 is 10.6 Å². The zero-order valence-corrected chi connectivity index (χ0v) is 11.4. The minimum Gasteiger partial charge on any atom is -0.382 e. The van der Waals surface area contributed by atoms with Gasteiger partial charge in [0.2, 0.25) is 5.91 Å². The number of hydrogen-bond donors (Lipinski definition) is 2. The molecule has 18 heavy (non-hydrogen) atoms. The monoisotopic (exact) mass is 250 g/mol. The van der Waals surface area contributed by atoms with Gasteiger partial charge in [-0.1, -0.05) is 20.8 Å². The maximum atomic E-state index is 11.6. The molecule has 0 atom stereocenters. The Kier molecular flexibility index (Phi) is 3.59. The van der Waals surface area contributed by atoms with Gasteiger partial charge in [-0.3, -0.25) is 9.48 Å². The van der Waals surface area contributed by atoms with Crippen molar-refractivity contribution in [1.29, 1.82) is 0 Å². The fourth-order valence-electron chi connectivity index (χ4n) is 1.56. The van der Waals surface area contributed by atoms with Crippen molar-refractivity contribution in [3.05, 3.63) is 12.4 Å². The highest BCUT2D eigenvalue weighted by Crippen LogP contribution is 2.18. The molecule has 0 spiro atoms. The maximum absolute atomic E-state index is 11.6. The highest BCUT2D eigenvalue weighted by atomic mass is 16.2. The summed E-state index contributed by atoms with van der Waals surface area (Å²) in [5, 5.41) is 10.4. The molecule has 0 saturated heterocycles. The summed E-state index contributed by atoms with van der Waals surface area (Å²) in [6.45, 7) is 7.70. The number of aromatic nitrogens is 2. The second kappa shape index (κ2) is 5.00. The van der Waals surface area contributed by atoms with Gasteiger partial charge in [0.25, 0.3) is 0 Å². The van der Waals surface area contributed by atoms with Gasteiger partial charge in [-0.15, -0.1) is 0 Å². The van der Waals surface area contributed by atoms with Crippen molar-refractivity contribution < 1.29 is 4.79 Å². The molecule has 1 fully saturated rings. The molecule has 1 aromatic rings. The molecule has 1 amide bonds. The average molecular weight is 250 g/mol. The Labute approximate surface area is 108 Å². The summed E-state index contributed by atoms with van der Waals surface area (Å²) in [7, 11) is 0. The lowest BCUT2D eigenvalue weighted by Crippen LogP contribution is -2.29.